The van der Waals surface area contributed by atoms with Gasteiger partial charge >= 0.3 is 0 Å². The SMILES string of the molecule is Cc1cccc(CC(C)(N)c2cc(C)ccc2C)c1. The van der Waals surface area contributed by atoms with Crippen LogP contribution in [0.4, 0.5) is 0 Å². The topological polar surface area (TPSA) is 26.0 Å². The van der Waals surface area contributed by atoms with Gasteiger partial charge in [-0.1, -0.05) is 53.6 Å². The summed E-state index contributed by atoms with van der Waals surface area (Å²) in [7, 11) is 0. The molecule has 2 aromatic carbocycles. The molecule has 1 unspecified atom stereocenters. The second-order valence-electron chi connectivity index (χ2n) is 5.90. The quantitative estimate of drug-likeness (QED) is 0.878. The van der Waals surface area contributed by atoms with Crippen molar-refractivity contribution in [2.75, 3.05) is 0 Å². The maximum absolute atomic E-state index is 6.59. The highest BCUT2D eigenvalue weighted by molar-refractivity contribution is 5.37. The Bertz CT molecular complexity index is 582. The van der Waals surface area contributed by atoms with E-state index in [0.29, 0.717) is 0 Å². The highest BCUT2D eigenvalue weighted by Gasteiger charge is 2.23. The molecule has 0 amide bonds. The minimum absolute atomic E-state index is 0.329. The first-order valence-corrected chi connectivity index (χ1v) is 6.81. The van der Waals surface area contributed by atoms with E-state index in [1.54, 1.807) is 0 Å². The van der Waals surface area contributed by atoms with Gasteiger partial charge in [-0.3, -0.25) is 0 Å². The van der Waals surface area contributed by atoms with Crippen LogP contribution in [0.5, 0.6) is 0 Å². The lowest BCUT2D eigenvalue weighted by molar-refractivity contribution is 0.488. The van der Waals surface area contributed by atoms with Crippen molar-refractivity contribution in [2.45, 2.75) is 39.7 Å². The zero-order valence-electron chi connectivity index (χ0n) is 12.3. The molecule has 0 saturated heterocycles. The summed E-state index contributed by atoms with van der Waals surface area (Å²) in [5, 5.41) is 0. The van der Waals surface area contributed by atoms with E-state index in [-0.39, 0.29) is 5.54 Å². The van der Waals surface area contributed by atoms with Crippen molar-refractivity contribution in [3.8, 4) is 0 Å². The van der Waals surface area contributed by atoms with Crippen LogP contribution < -0.4 is 5.73 Å². The van der Waals surface area contributed by atoms with Crippen LogP contribution in [0.3, 0.4) is 0 Å². The fourth-order valence-electron chi connectivity index (χ4n) is 2.69. The fourth-order valence-corrected chi connectivity index (χ4v) is 2.69. The van der Waals surface area contributed by atoms with Crippen LogP contribution in [0.2, 0.25) is 0 Å². The van der Waals surface area contributed by atoms with Crippen molar-refractivity contribution < 1.29 is 0 Å². The van der Waals surface area contributed by atoms with Crippen LogP contribution >= 0.6 is 0 Å². The van der Waals surface area contributed by atoms with Gasteiger partial charge in [-0.2, -0.15) is 0 Å². The number of nitrogens with two attached hydrogens (primary N) is 1. The Hall–Kier alpha value is -1.60. The summed E-state index contributed by atoms with van der Waals surface area (Å²) in [5.41, 5.74) is 12.6. The summed E-state index contributed by atoms with van der Waals surface area (Å²) < 4.78 is 0. The average Bonchev–Trinajstić information content (AvgIpc) is 2.31. The van der Waals surface area contributed by atoms with Gasteiger partial charge in [0, 0.05) is 5.54 Å². The monoisotopic (exact) mass is 253 g/mol. The predicted octanol–water partition coefficient (Wildman–Crippen LogP) is 4.03. The van der Waals surface area contributed by atoms with Gasteiger partial charge in [-0.15, -0.1) is 0 Å². The van der Waals surface area contributed by atoms with Crippen molar-refractivity contribution in [3.63, 3.8) is 0 Å². The van der Waals surface area contributed by atoms with E-state index in [2.05, 4.69) is 70.2 Å². The van der Waals surface area contributed by atoms with Crippen molar-refractivity contribution in [2.24, 2.45) is 5.73 Å². The molecular formula is C18H23N. The Morgan fingerprint density at radius 3 is 2.32 bits per heavy atom. The summed E-state index contributed by atoms with van der Waals surface area (Å²) in [6.07, 6.45) is 0.860. The van der Waals surface area contributed by atoms with Gasteiger partial charge in [-0.05, 0) is 50.8 Å². The molecule has 0 fully saturated rings. The zero-order chi connectivity index (χ0) is 14.0. The number of hydrogen-bond donors (Lipinski definition) is 1. The van der Waals surface area contributed by atoms with E-state index in [0.717, 1.165) is 6.42 Å². The van der Waals surface area contributed by atoms with Gasteiger partial charge in [-0.25, -0.2) is 0 Å². The molecule has 100 valence electrons. The van der Waals surface area contributed by atoms with Crippen LogP contribution in [-0.4, -0.2) is 0 Å². The molecule has 2 aromatic rings. The molecule has 0 aromatic heterocycles. The molecule has 1 nitrogen and oxygen atoms in total. The first-order chi connectivity index (χ1) is 8.88. The molecule has 0 bridgehead atoms. The summed E-state index contributed by atoms with van der Waals surface area (Å²) in [6, 6.07) is 15.1. The third kappa shape index (κ3) is 3.24. The Balaban J connectivity index is 2.34. The maximum atomic E-state index is 6.59. The van der Waals surface area contributed by atoms with Gasteiger partial charge in [0.25, 0.3) is 0 Å². The largest absolute Gasteiger partial charge is 0.321 e. The summed E-state index contributed by atoms with van der Waals surface area (Å²) >= 11 is 0. The van der Waals surface area contributed by atoms with Gasteiger partial charge in [0.05, 0.1) is 0 Å². The van der Waals surface area contributed by atoms with E-state index in [4.69, 9.17) is 5.73 Å². The second-order valence-corrected chi connectivity index (χ2v) is 5.90. The minimum Gasteiger partial charge on any atom is -0.321 e. The van der Waals surface area contributed by atoms with Gasteiger partial charge in [0.2, 0.25) is 0 Å². The Morgan fingerprint density at radius 1 is 0.947 bits per heavy atom. The molecule has 1 heteroatoms. The maximum Gasteiger partial charge on any atom is 0.0424 e. The van der Waals surface area contributed by atoms with Crippen LogP contribution in [0.25, 0.3) is 0 Å². The molecule has 0 aliphatic carbocycles. The summed E-state index contributed by atoms with van der Waals surface area (Å²) in [6.45, 7) is 8.49. The van der Waals surface area contributed by atoms with E-state index in [1.165, 1.54) is 27.8 Å². The highest BCUT2D eigenvalue weighted by atomic mass is 14.7. The smallest absolute Gasteiger partial charge is 0.0424 e. The first-order valence-electron chi connectivity index (χ1n) is 6.81. The molecule has 2 rings (SSSR count). The van der Waals surface area contributed by atoms with Gasteiger partial charge < -0.3 is 5.73 Å². The van der Waals surface area contributed by atoms with E-state index >= 15 is 0 Å². The lowest BCUT2D eigenvalue weighted by atomic mass is 9.83. The molecule has 0 radical (unpaired) electrons. The van der Waals surface area contributed by atoms with E-state index in [1.807, 2.05) is 0 Å². The van der Waals surface area contributed by atoms with Gasteiger partial charge in [0.1, 0.15) is 0 Å². The van der Waals surface area contributed by atoms with Crippen molar-refractivity contribution in [1.82, 2.24) is 0 Å². The Labute approximate surface area is 116 Å². The third-order valence-corrected chi connectivity index (χ3v) is 3.66. The standard InChI is InChI=1S/C18H23N/c1-13-6-5-7-16(10-13)12-18(4,19)17-11-14(2)8-9-15(17)3/h5-11H,12,19H2,1-4H3. The Kier molecular flexibility index (Phi) is 3.77. The molecule has 0 spiro atoms. The zero-order valence-corrected chi connectivity index (χ0v) is 12.3. The molecule has 19 heavy (non-hydrogen) atoms. The van der Waals surface area contributed by atoms with Crippen molar-refractivity contribution in [3.05, 3.63) is 70.3 Å². The summed E-state index contributed by atoms with van der Waals surface area (Å²) in [5.74, 6) is 0. The summed E-state index contributed by atoms with van der Waals surface area (Å²) in [4.78, 5) is 0. The van der Waals surface area contributed by atoms with Crippen LogP contribution in [0.1, 0.15) is 34.7 Å². The first kappa shape index (κ1) is 13.8. The lowest BCUT2D eigenvalue weighted by Crippen LogP contribution is -2.36. The highest BCUT2D eigenvalue weighted by Crippen LogP contribution is 2.26. The Morgan fingerprint density at radius 2 is 1.63 bits per heavy atom. The lowest BCUT2D eigenvalue weighted by Gasteiger charge is -2.28. The van der Waals surface area contributed by atoms with Crippen molar-refractivity contribution >= 4 is 0 Å². The van der Waals surface area contributed by atoms with E-state index < -0.39 is 0 Å². The second kappa shape index (κ2) is 5.18. The van der Waals surface area contributed by atoms with E-state index in [9.17, 15) is 0 Å². The molecule has 0 heterocycles. The fraction of sp³-hybridized carbons (Fsp3) is 0.333. The van der Waals surface area contributed by atoms with Crippen LogP contribution in [0, 0.1) is 20.8 Å². The predicted molar refractivity (Wildman–Crippen MR) is 82.3 cm³/mol. The number of aryl methyl sites for hydroxylation is 3. The molecule has 0 aliphatic rings. The molecule has 0 saturated carbocycles. The number of benzene rings is 2. The number of rotatable bonds is 3. The molecule has 2 N–H and O–H groups in total. The third-order valence-electron chi connectivity index (χ3n) is 3.66. The minimum atomic E-state index is -0.329. The average molecular weight is 253 g/mol. The normalized spacial score (nSPS) is 14.2. The molecular weight excluding hydrogens is 230 g/mol. The molecule has 0 aliphatic heterocycles. The van der Waals surface area contributed by atoms with Gasteiger partial charge in [0.15, 0.2) is 0 Å². The van der Waals surface area contributed by atoms with Crippen molar-refractivity contribution in [1.29, 1.82) is 0 Å². The number of hydrogen-bond acceptors (Lipinski definition) is 1. The van der Waals surface area contributed by atoms with Crippen LogP contribution in [0.15, 0.2) is 42.5 Å². The molecule has 1 atom stereocenters. The van der Waals surface area contributed by atoms with Crippen LogP contribution in [-0.2, 0) is 12.0 Å².